The molecular weight excluding hydrogens is 284 g/mol. The van der Waals surface area contributed by atoms with Crippen LogP contribution in [0.3, 0.4) is 0 Å². The van der Waals surface area contributed by atoms with Gasteiger partial charge in [-0.1, -0.05) is 5.16 Å². The third kappa shape index (κ3) is 3.08. The van der Waals surface area contributed by atoms with E-state index in [2.05, 4.69) is 10.3 Å². The zero-order valence-corrected chi connectivity index (χ0v) is 12.0. The molecule has 2 rings (SSSR count). The molecule has 0 bridgehead atoms. The van der Waals surface area contributed by atoms with Crippen molar-refractivity contribution in [3.8, 4) is 0 Å². The van der Waals surface area contributed by atoms with Crippen molar-refractivity contribution >= 4 is 15.9 Å². The lowest BCUT2D eigenvalue weighted by Crippen LogP contribution is -2.50. The summed E-state index contributed by atoms with van der Waals surface area (Å²) in [4.78, 5) is 2.13. The average molecular weight is 302 g/mol. The maximum absolute atomic E-state index is 12.4. The maximum atomic E-state index is 12.4. The summed E-state index contributed by atoms with van der Waals surface area (Å²) < 4.78 is 27.6. The molecule has 20 heavy (non-hydrogen) atoms. The molecule has 10 heteroatoms. The van der Waals surface area contributed by atoms with Crippen LogP contribution in [0, 0.1) is 0 Å². The Morgan fingerprint density at radius 2 is 2.10 bits per heavy atom. The predicted octanol–water partition coefficient (Wildman–Crippen LogP) is -1.53. The van der Waals surface area contributed by atoms with Crippen LogP contribution >= 0.6 is 0 Å². The highest BCUT2D eigenvalue weighted by Crippen LogP contribution is 2.16. The van der Waals surface area contributed by atoms with Crippen LogP contribution in [-0.2, 0) is 17.1 Å². The number of rotatable bonds is 4. The van der Waals surface area contributed by atoms with E-state index in [1.54, 1.807) is 7.05 Å². The largest absolute Gasteiger partial charge is 0.409 e. The number of oxime groups is 1. The van der Waals surface area contributed by atoms with E-state index in [-0.39, 0.29) is 10.7 Å². The van der Waals surface area contributed by atoms with Crippen LogP contribution < -0.4 is 5.73 Å². The quantitative estimate of drug-likeness (QED) is 0.302. The highest BCUT2D eigenvalue weighted by atomic mass is 32.2. The molecule has 3 N–H and O–H groups in total. The molecule has 1 aliphatic rings. The fourth-order valence-corrected chi connectivity index (χ4v) is 3.48. The van der Waals surface area contributed by atoms with Crippen LogP contribution in [0.1, 0.15) is 0 Å². The Hall–Kier alpha value is -1.65. The maximum Gasteiger partial charge on any atom is 0.246 e. The number of hydrogen-bond acceptors (Lipinski definition) is 6. The molecule has 0 aliphatic carbocycles. The summed E-state index contributed by atoms with van der Waals surface area (Å²) in [6, 6.07) is 0. The van der Waals surface area contributed by atoms with Gasteiger partial charge in [-0.25, -0.2) is 8.42 Å². The second-order valence-electron chi connectivity index (χ2n) is 4.62. The van der Waals surface area contributed by atoms with Gasteiger partial charge < -0.3 is 10.9 Å². The standard InChI is InChI=1S/C10H18N6O3S/c1-14-7-9(6-12-14)20(18,19)16-4-2-15(3-5-16)8-10(11)13-17/h6-7,17H,2-5,8H2,1H3,(H2,11,13). The minimum atomic E-state index is -3.49. The van der Waals surface area contributed by atoms with E-state index in [0.717, 1.165) is 0 Å². The lowest BCUT2D eigenvalue weighted by Gasteiger charge is -2.33. The molecule has 1 aromatic heterocycles. The molecular formula is C10H18N6O3S. The van der Waals surface area contributed by atoms with Gasteiger partial charge in [0.15, 0.2) is 5.84 Å². The number of nitrogens with two attached hydrogens (primary N) is 1. The van der Waals surface area contributed by atoms with Crippen LogP contribution in [0.2, 0.25) is 0 Å². The van der Waals surface area contributed by atoms with Crippen molar-refractivity contribution < 1.29 is 13.6 Å². The van der Waals surface area contributed by atoms with E-state index in [1.165, 1.54) is 21.4 Å². The second kappa shape index (κ2) is 5.77. The summed E-state index contributed by atoms with van der Waals surface area (Å²) in [7, 11) is -1.81. The Balaban J connectivity index is 2.00. The van der Waals surface area contributed by atoms with Gasteiger partial charge in [0, 0.05) is 39.4 Å². The molecule has 9 nitrogen and oxygen atoms in total. The minimum Gasteiger partial charge on any atom is -0.409 e. The molecule has 1 aliphatic heterocycles. The lowest BCUT2D eigenvalue weighted by molar-refractivity contribution is 0.206. The van der Waals surface area contributed by atoms with Crippen molar-refractivity contribution in [3.05, 3.63) is 12.4 Å². The Morgan fingerprint density at radius 3 is 2.60 bits per heavy atom. The summed E-state index contributed by atoms with van der Waals surface area (Å²) in [5.41, 5.74) is 5.43. The van der Waals surface area contributed by atoms with Crippen LogP contribution in [0.25, 0.3) is 0 Å². The monoisotopic (exact) mass is 302 g/mol. The van der Waals surface area contributed by atoms with Gasteiger partial charge in [0.2, 0.25) is 10.0 Å². The number of amidine groups is 1. The zero-order chi connectivity index (χ0) is 14.8. The SMILES string of the molecule is Cn1cc(S(=O)(=O)N2CCN(CC(N)=NO)CC2)cn1. The first-order valence-corrected chi connectivity index (χ1v) is 7.55. The van der Waals surface area contributed by atoms with Gasteiger partial charge in [-0.3, -0.25) is 9.58 Å². The number of piperazine rings is 1. The van der Waals surface area contributed by atoms with E-state index < -0.39 is 10.0 Å². The normalized spacial score (nSPS) is 19.4. The molecule has 0 amide bonds. The number of nitrogens with zero attached hydrogens (tertiary/aromatic N) is 5. The number of aryl methyl sites for hydroxylation is 1. The van der Waals surface area contributed by atoms with Gasteiger partial charge in [-0.05, 0) is 0 Å². The Bertz CT molecular complexity index is 588. The Labute approximate surface area is 117 Å². The van der Waals surface area contributed by atoms with E-state index in [4.69, 9.17) is 10.9 Å². The average Bonchev–Trinajstić information content (AvgIpc) is 2.86. The Morgan fingerprint density at radius 1 is 1.45 bits per heavy atom. The number of hydrogen-bond donors (Lipinski definition) is 2. The van der Waals surface area contributed by atoms with Gasteiger partial charge in [-0.2, -0.15) is 9.40 Å². The van der Waals surface area contributed by atoms with Crippen molar-refractivity contribution in [2.75, 3.05) is 32.7 Å². The van der Waals surface area contributed by atoms with Gasteiger partial charge in [0.1, 0.15) is 4.90 Å². The first-order valence-electron chi connectivity index (χ1n) is 6.11. The third-order valence-corrected chi connectivity index (χ3v) is 5.02. The molecule has 112 valence electrons. The molecule has 0 atom stereocenters. The second-order valence-corrected chi connectivity index (χ2v) is 6.56. The molecule has 2 heterocycles. The van der Waals surface area contributed by atoms with Crippen LogP contribution in [0.4, 0.5) is 0 Å². The molecule has 0 unspecified atom stereocenters. The van der Waals surface area contributed by atoms with Gasteiger partial charge in [0.05, 0.1) is 12.7 Å². The number of sulfonamides is 1. The first-order chi connectivity index (χ1) is 9.43. The highest BCUT2D eigenvalue weighted by Gasteiger charge is 2.29. The molecule has 1 saturated heterocycles. The fourth-order valence-electron chi connectivity index (χ4n) is 2.07. The summed E-state index contributed by atoms with van der Waals surface area (Å²) in [5.74, 6) is 0.119. The molecule has 0 spiro atoms. The minimum absolute atomic E-state index is 0.119. The molecule has 0 aromatic carbocycles. The van der Waals surface area contributed by atoms with Crippen molar-refractivity contribution in [3.63, 3.8) is 0 Å². The van der Waals surface area contributed by atoms with Crippen LogP contribution in [0.5, 0.6) is 0 Å². The van der Waals surface area contributed by atoms with E-state index in [9.17, 15) is 8.42 Å². The van der Waals surface area contributed by atoms with Crippen LogP contribution in [0.15, 0.2) is 22.4 Å². The van der Waals surface area contributed by atoms with Crippen molar-refractivity contribution in [2.24, 2.45) is 17.9 Å². The highest BCUT2D eigenvalue weighted by molar-refractivity contribution is 7.89. The summed E-state index contributed by atoms with van der Waals surface area (Å²) in [6.07, 6.45) is 2.83. The first kappa shape index (κ1) is 14.8. The van der Waals surface area contributed by atoms with Gasteiger partial charge in [-0.15, -0.1) is 0 Å². The summed E-state index contributed by atoms with van der Waals surface area (Å²) in [5, 5.41) is 15.3. The van der Waals surface area contributed by atoms with Gasteiger partial charge in [0.25, 0.3) is 0 Å². The smallest absolute Gasteiger partial charge is 0.246 e. The van der Waals surface area contributed by atoms with Gasteiger partial charge >= 0.3 is 0 Å². The fraction of sp³-hybridized carbons (Fsp3) is 0.600. The van der Waals surface area contributed by atoms with Crippen LogP contribution in [-0.4, -0.2) is 71.2 Å². The van der Waals surface area contributed by atoms with E-state index >= 15 is 0 Å². The summed E-state index contributed by atoms with van der Waals surface area (Å²) >= 11 is 0. The summed E-state index contributed by atoms with van der Waals surface area (Å²) in [6.45, 7) is 2.15. The van der Waals surface area contributed by atoms with E-state index in [1.807, 2.05) is 4.90 Å². The van der Waals surface area contributed by atoms with Crippen molar-refractivity contribution in [1.29, 1.82) is 0 Å². The molecule has 1 aromatic rings. The number of aromatic nitrogens is 2. The molecule has 0 saturated carbocycles. The topological polar surface area (TPSA) is 117 Å². The van der Waals surface area contributed by atoms with Crippen molar-refractivity contribution in [2.45, 2.75) is 4.90 Å². The molecule has 0 radical (unpaired) electrons. The molecule has 1 fully saturated rings. The van der Waals surface area contributed by atoms with E-state index in [0.29, 0.717) is 32.7 Å². The lowest BCUT2D eigenvalue weighted by atomic mass is 10.3. The predicted molar refractivity (Wildman–Crippen MR) is 71.8 cm³/mol. The van der Waals surface area contributed by atoms with Crippen molar-refractivity contribution in [1.82, 2.24) is 19.0 Å². The Kier molecular flexibility index (Phi) is 4.26. The third-order valence-electron chi connectivity index (χ3n) is 3.16. The zero-order valence-electron chi connectivity index (χ0n) is 11.2.